The number of carbonyl (C=O) groups is 1. The number of anilines is 2. The lowest BCUT2D eigenvalue weighted by Gasteiger charge is -2.11. The highest BCUT2D eigenvalue weighted by atomic mass is 19.4. The second-order valence-electron chi connectivity index (χ2n) is 5.11. The molecule has 1 N–H and O–H groups in total. The molecule has 1 saturated heterocycles. The summed E-state index contributed by atoms with van der Waals surface area (Å²) in [6.45, 7) is 1.31. The normalized spacial score (nSPS) is 14.7. The molecule has 0 spiro atoms. The van der Waals surface area contributed by atoms with Gasteiger partial charge in [-0.2, -0.15) is 0 Å². The van der Waals surface area contributed by atoms with Gasteiger partial charge < -0.3 is 19.4 Å². The Morgan fingerprint density at radius 2 is 1.83 bits per heavy atom. The van der Waals surface area contributed by atoms with Gasteiger partial charge >= 0.3 is 24.2 Å². The van der Waals surface area contributed by atoms with Gasteiger partial charge in [-0.1, -0.05) is 5.10 Å². The molecule has 2 heterocycles. The Labute approximate surface area is 134 Å². The van der Waals surface area contributed by atoms with E-state index < -0.39 is 6.36 Å². The molecular weight excluding hydrogens is 329 g/mol. The maximum absolute atomic E-state index is 12.1. The maximum atomic E-state index is 12.1. The molecule has 1 aliphatic heterocycles. The number of benzene rings is 1. The molecule has 7 nitrogen and oxygen atoms in total. The smallest absolute Gasteiger partial charge is 0.406 e. The number of hydrogen-bond donors (Lipinski definition) is 1. The summed E-state index contributed by atoms with van der Waals surface area (Å²) in [6.07, 6.45) is -2.86. The molecule has 0 radical (unpaired) electrons. The van der Waals surface area contributed by atoms with E-state index in [1.807, 2.05) is 0 Å². The van der Waals surface area contributed by atoms with Gasteiger partial charge in [-0.05, 0) is 37.1 Å². The molecule has 1 fully saturated rings. The summed E-state index contributed by atoms with van der Waals surface area (Å²) in [5, 5.41) is 10.1. The zero-order chi connectivity index (χ0) is 17.2. The molecule has 0 aliphatic carbocycles. The average molecular weight is 342 g/mol. The van der Waals surface area contributed by atoms with E-state index in [9.17, 15) is 18.0 Å². The van der Waals surface area contributed by atoms with Crippen molar-refractivity contribution in [3.05, 3.63) is 30.2 Å². The fraction of sp³-hybridized carbons (Fsp3) is 0.357. The molecule has 1 aromatic carbocycles. The largest absolute Gasteiger partial charge is 0.573 e. The Bertz CT molecular complexity index is 709. The number of rotatable bonds is 4. The van der Waals surface area contributed by atoms with E-state index in [0.717, 1.165) is 25.0 Å². The van der Waals surface area contributed by atoms with Gasteiger partial charge in [0.2, 0.25) is 0 Å². The fourth-order valence-electron chi connectivity index (χ4n) is 2.28. The lowest BCUT2D eigenvalue weighted by Crippen LogP contribution is -2.27. The minimum Gasteiger partial charge on any atom is -0.406 e. The molecule has 1 aromatic heterocycles. The zero-order valence-corrected chi connectivity index (χ0v) is 12.3. The minimum absolute atomic E-state index is 0.0259. The maximum Gasteiger partial charge on any atom is 0.573 e. The van der Waals surface area contributed by atoms with Crippen LogP contribution in [0, 0.1) is 0 Å². The standard InChI is InChI=1S/C14H13F3N4O3/c15-14(16,17)24-10-5-3-9(4-6-10)18-13-20-19-11(23-13)12(22)21-7-1-2-8-21/h3-6H,1-2,7-8H2,(H,18,20). The number of carbonyl (C=O) groups excluding carboxylic acids is 1. The molecule has 3 rings (SSSR count). The van der Waals surface area contributed by atoms with E-state index in [4.69, 9.17) is 4.42 Å². The first-order chi connectivity index (χ1) is 11.4. The van der Waals surface area contributed by atoms with Gasteiger partial charge in [0.1, 0.15) is 5.75 Å². The predicted molar refractivity (Wildman–Crippen MR) is 75.8 cm³/mol. The van der Waals surface area contributed by atoms with E-state index in [-0.39, 0.29) is 23.6 Å². The monoisotopic (exact) mass is 342 g/mol. The van der Waals surface area contributed by atoms with Crippen molar-refractivity contribution < 1.29 is 27.1 Å². The molecule has 0 unspecified atom stereocenters. The molecule has 0 atom stereocenters. The van der Waals surface area contributed by atoms with Crippen molar-refractivity contribution in [1.82, 2.24) is 15.1 Å². The molecule has 1 amide bonds. The molecule has 10 heteroatoms. The first-order valence-electron chi connectivity index (χ1n) is 7.16. The highest BCUT2D eigenvalue weighted by molar-refractivity contribution is 5.89. The van der Waals surface area contributed by atoms with Crippen LogP contribution in [0.25, 0.3) is 0 Å². The van der Waals surface area contributed by atoms with Crippen molar-refractivity contribution in [3.63, 3.8) is 0 Å². The number of hydrogen-bond acceptors (Lipinski definition) is 6. The van der Waals surface area contributed by atoms with E-state index in [1.54, 1.807) is 4.90 Å². The third-order valence-corrected chi connectivity index (χ3v) is 3.34. The highest BCUT2D eigenvalue weighted by Crippen LogP contribution is 2.25. The van der Waals surface area contributed by atoms with Crippen LogP contribution in [0.3, 0.4) is 0 Å². The third kappa shape index (κ3) is 3.94. The fourth-order valence-corrected chi connectivity index (χ4v) is 2.28. The van der Waals surface area contributed by atoms with Gasteiger partial charge in [0.15, 0.2) is 0 Å². The van der Waals surface area contributed by atoms with Gasteiger partial charge in [0, 0.05) is 18.8 Å². The zero-order valence-electron chi connectivity index (χ0n) is 12.3. The Morgan fingerprint density at radius 3 is 2.46 bits per heavy atom. The Kier molecular flexibility index (Phi) is 4.28. The summed E-state index contributed by atoms with van der Waals surface area (Å²) in [7, 11) is 0. The van der Waals surface area contributed by atoms with Gasteiger partial charge in [0.25, 0.3) is 0 Å². The van der Waals surface area contributed by atoms with Crippen LogP contribution in [0.2, 0.25) is 0 Å². The van der Waals surface area contributed by atoms with Crippen LogP contribution < -0.4 is 10.1 Å². The first-order valence-corrected chi connectivity index (χ1v) is 7.16. The van der Waals surface area contributed by atoms with Crippen molar-refractivity contribution in [2.24, 2.45) is 0 Å². The predicted octanol–water partition coefficient (Wildman–Crippen LogP) is 2.95. The van der Waals surface area contributed by atoms with Crippen LogP contribution in [-0.4, -0.2) is 40.5 Å². The topological polar surface area (TPSA) is 80.5 Å². The summed E-state index contributed by atoms with van der Waals surface area (Å²) in [6, 6.07) is 4.97. The number of halogens is 3. The van der Waals surface area contributed by atoms with E-state index in [1.165, 1.54) is 12.1 Å². The Balaban J connectivity index is 1.63. The van der Waals surface area contributed by atoms with Gasteiger partial charge in [-0.3, -0.25) is 4.79 Å². The highest BCUT2D eigenvalue weighted by Gasteiger charge is 2.31. The number of nitrogens with one attached hydrogen (secondary N) is 1. The van der Waals surface area contributed by atoms with Gasteiger partial charge in [-0.15, -0.1) is 18.3 Å². The minimum atomic E-state index is -4.74. The molecule has 0 bridgehead atoms. The summed E-state index contributed by atoms with van der Waals surface area (Å²) >= 11 is 0. The van der Waals surface area contributed by atoms with E-state index >= 15 is 0 Å². The third-order valence-electron chi connectivity index (χ3n) is 3.34. The van der Waals surface area contributed by atoms with Crippen molar-refractivity contribution >= 4 is 17.6 Å². The van der Waals surface area contributed by atoms with Crippen LogP contribution in [0.5, 0.6) is 5.75 Å². The molecule has 0 saturated carbocycles. The SMILES string of the molecule is O=C(c1nnc(Nc2ccc(OC(F)(F)F)cc2)o1)N1CCCC1. The number of amides is 1. The van der Waals surface area contributed by atoms with Crippen LogP contribution in [0.1, 0.15) is 23.5 Å². The number of ether oxygens (including phenoxy) is 1. The summed E-state index contributed by atoms with van der Waals surface area (Å²) < 4.78 is 45.3. The summed E-state index contributed by atoms with van der Waals surface area (Å²) in [5.41, 5.74) is 0.411. The number of likely N-dealkylation sites (tertiary alicyclic amines) is 1. The van der Waals surface area contributed by atoms with Crippen LogP contribution >= 0.6 is 0 Å². The Morgan fingerprint density at radius 1 is 1.17 bits per heavy atom. The van der Waals surface area contributed by atoms with Crippen molar-refractivity contribution in [1.29, 1.82) is 0 Å². The second-order valence-corrected chi connectivity index (χ2v) is 5.11. The second kappa shape index (κ2) is 6.38. The first kappa shape index (κ1) is 16.1. The molecular formula is C14H13F3N4O3. The lowest BCUT2D eigenvalue weighted by molar-refractivity contribution is -0.274. The average Bonchev–Trinajstić information content (AvgIpc) is 3.18. The van der Waals surface area contributed by atoms with Crippen molar-refractivity contribution in [2.75, 3.05) is 18.4 Å². The lowest BCUT2D eigenvalue weighted by atomic mass is 10.3. The molecule has 128 valence electrons. The molecule has 24 heavy (non-hydrogen) atoms. The Hall–Kier alpha value is -2.78. The van der Waals surface area contributed by atoms with E-state index in [0.29, 0.717) is 18.8 Å². The quantitative estimate of drug-likeness (QED) is 0.920. The summed E-state index contributed by atoms with van der Waals surface area (Å²) in [5.74, 6) is -0.804. The van der Waals surface area contributed by atoms with Crippen LogP contribution in [0.4, 0.5) is 24.9 Å². The molecule has 2 aromatic rings. The van der Waals surface area contributed by atoms with Crippen molar-refractivity contribution in [3.8, 4) is 5.75 Å². The van der Waals surface area contributed by atoms with Gasteiger partial charge in [0.05, 0.1) is 0 Å². The summed E-state index contributed by atoms with van der Waals surface area (Å²) in [4.78, 5) is 13.7. The number of aromatic nitrogens is 2. The number of alkyl halides is 3. The van der Waals surface area contributed by atoms with Crippen LogP contribution in [-0.2, 0) is 0 Å². The molecule has 1 aliphatic rings. The van der Waals surface area contributed by atoms with Crippen molar-refractivity contribution in [2.45, 2.75) is 19.2 Å². The number of nitrogens with zero attached hydrogens (tertiary/aromatic N) is 3. The van der Waals surface area contributed by atoms with Crippen LogP contribution in [0.15, 0.2) is 28.7 Å². The van der Waals surface area contributed by atoms with E-state index in [2.05, 4.69) is 20.3 Å². The van der Waals surface area contributed by atoms with Gasteiger partial charge in [-0.25, -0.2) is 0 Å².